The fourth-order valence-corrected chi connectivity index (χ4v) is 5.87. The number of nitrogens with zero attached hydrogens (tertiary/aromatic N) is 4. The van der Waals surface area contributed by atoms with Crippen molar-refractivity contribution in [3.63, 3.8) is 0 Å². The molecule has 0 unspecified atom stereocenters. The minimum absolute atomic E-state index is 0.0109. The van der Waals surface area contributed by atoms with E-state index in [0.717, 1.165) is 27.6 Å². The third-order valence-electron chi connectivity index (χ3n) is 7.24. The van der Waals surface area contributed by atoms with Crippen LogP contribution in [0.25, 0.3) is 22.1 Å². The molecule has 0 atom stereocenters. The number of fused-ring (bicyclic) bond motifs is 3. The van der Waals surface area contributed by atoms with E-state index in [1.54, 1.807) is 12.1 Å². The lowest BCUT2D eigenvalue weighted by molar-refractivity contribution is -0.121. The predicted octanol–water partition coefficient (Wildman–Crippen LogP) is 7.25. The molecule has 6 nitrogen and oxygen atoms in total. The summed E-state index contributed by atoms with van der Waals surface area (Å²) >= 11 is 1.47. The summed E-state index contributed by atoms with van der Waals surface area (Å²) in [6.45, 7) is 2.37. The van der Waals surface area contributed by atoms with Crippen molar-refractivity contribution in [3.8, 4) is 0 Å². The molecular weight excluding hydrogens is 545 g/mol. The lowest BCUT2D eigenvalue weighted by Crippen LogP contribution is -2.29. The predicted molar refractivity (Wildman–Crippen MR) is 166 cm³/mol. The van der Waals surface area contributed by atoms with Gasteiger partial charge in [-0.2, -0.15) is 0 Å². The molecule has 1 amide bonds. The SMILES string of the molecule is Cc1ccc2c(c1)c1nnc(SCCCC(=O)NC(c3ccccc3)c3ccccc3)nc1n2Cc1ccccc1F. The van der Waals surface area contributed by atoms with E-state index in [1.807, 2.05) is 90.4 Å². The maximum absolute atomic E-state index is 14.6. The highest BCUT2D eigenvalue weighted by molar-refractivity contribution is 7.99. The Bertz CT molecular complexity index is 1800. The van der Waals surface area contributed by atoms with Crippen LogP contribution >= 0.6 is 11.8 Å². The summed E-state index contributed by atoms with van der Waals surface area (Å²) in [7, 11) is 0. The molecule has 2 aromatic heterocycles. The monoisotopic (exact) mass is 575 g/mol. The van der Waals surface area contributed by atoms with Gasteiger partial charge < -0.3 is 9.88 Å². The van der Waals surface area contributed by atoms with Crippen LogP contribution in [0.15, 0.2) is 108 Å². The molecule has 42 heavy (non-hydrogen) atoms. The summed E-state index contributed by atoms with van der Waals surface area (Å²) in [4.78, 5) is 17.8. The van der Waals surface area contributed by atoms with E-state index in [4.69, 9.17) is 4.98 Å². The molecule has 0 fully saturated rings. The number of halogens is 1. The van der Waals surface area contributed by atoms with Crippen molar-refractivity contribution < 1.29 is 9.18 Å². The Labute approximate surface area is 248 Å². The van der Waals surface area contributed by atoms with Gasteiger partial charge in [-0.05, 0) is 42.7 Å². The summed E-state index contributed by atoms with van der Waals surface area (Å²) in [6.07, 6.45) is 1.04. The number of carbonyl (C=O) groups excluding carboxylic acids is 1. The zero-order valence-corrected chi connectivity index (χ0v) is 24.0. The van der Waals surface area contributed by atoms with Gasteiger partial charge >= 0.3 is 0 Å². The molecule has 0 bridgehead atoms. The van der Waals surface area contributed by atoms with Crippen LogP contribution in [0.5, 0.6) is 0 Å². The molecule has 4 aromatic carbocycles. The first-order valence-electron chi connectivity index (χ1n) is 14.0. The van der Waals surface area contributed by atoms with E-state index < -0.39 is 0 Å². The first-order chi connectivity index (χ1) is 20.6. The Kier molecular flexibility index (Phi) is 8.23. The Morgan fingerprint density at radius 3 is 2.31 bits per heavy atom. The van der Waals surface area contributed by atoms with Gasteiger partial charge in [0.05, 0.1) is 18.1 Å². The van der Waals surface area contributed by atoms with E-state index in [0.29, 0.717) is 47.0 Å². The van der Waals surface area contributed by atoms with Crippen LogP contribution in [-0.4, -0.2) is 31.4 Å². The number of thioether (sulfide) groups is 1. The average Bonchev–Trinajstić information content (AvgIpc) is 3.31. The smallest absolute Gasteiger partial charge is 0.220 e. The molecule has 0 aliphatic heterocycles. The molecule has 210 valence electrons. The number of benzene rings is 4. The first kappa shape index (κ1) is 27.6. The third kappa shape index (κ3) is 6.04. The number of hydrogen-bond donors (Lipinski definition) is 1. The lowest BCUT2D eigenvalue weighted by Gasteiger charge is -2.20. The zero-order valence-electron chi connectivity index (χ0n) is 23.2. The van der Waals surface area contributed by atoms with Crippen molar-refractivity contribution in [1.82, 2.24) is 25.1 Å². The topological polar surface area (TPSA) is 72.7 Å². The van der Waals surface area contributed by atoms with Crippen LogP contribution < -0.4 is 5.32 Å². The van der Waals surface area contributed by atoms with Crippen molar-refractivity contribution in [2.24, 2.45) is 0 Å². The second-order valence-corrected chi connectivity index (χ2v) is 11.3. The molecule has 6 rings (SSSR count). The van der Waals surface area contributed by atoms with E-state index in [-0.39, 0.29) is 17.8 Å². The van der Waals surface area contributed by atoms with Crippen LogP contribution in [0.3, 0.4) is 0 Å². The summed E-state index contributed by atoms with van der Waals surface area (Å²) < 4.78 is 16.6. The molecule has 1 N–H and O–H groups in total. The summed E-state index contributed by atoms with van der Waals surface area (Å²) in [5.41, 5.74) is 6.07. The molecule has 0 aliphatic carbocycles. The van der Waals surface area contributed by atoms with E-state index in [9.17, 15) is 9.18 Å². The number of nitrogens with one attached hydrogen (secondary N) is 1. The van der Waals surface area contributed by atoms with Gasteiger partial charge in [-0.3, -0.25) is 4.79 Å². The fraction of sp³-hybridized carbons (Fsp3) is 0.176. The quantitative estimate of drug-likeness (QED) is 0.138. The number of amides is 1. The standard InChI is InChI=1S/C34H30FN5OS/c1-23-18-19-29-27(21-23)32-33(40(29)22-26-15-8-9-16-28(26)35)37-34(39-38-32)42-20-10-17-30(41)36-31(24-11-4-2-5-12-24)25-13-6-3-7-14-25/h2-9,11-16,18-19,21,31H,10,17,20,22H2,1H3,(H,36,41). The highest BCUT2D eigenvalue weighted by Crippen LogP contribution is 2.30. The Balaban J connectivity index is 1.15. The minimum Gasteiger partial charge on any atom is -0.345 e. The summed E-state index contributed by atoms with van der Waals surface area (Å²) in [5, 5.41) is 13.6. The van der Waals surface area contributed by atoms with Crippen molar-refractivity contribution >= 4 is 39.7 Å². The maximum atomic E-state index is 14.6. The third-order valence-corrected chi connectivity index (χ3v) is 8.16. The summed E-state index contributed by atoms with van der Waals surface area (Å²) in [6, 6.07) is 32.7. The fourth-order valence-electron chi connectivity index (χ4n) is 5.15. The van der Waals surface area contributed by atoms with Gasteiger partial charge in [0.15, 0.2) is 5.65 Å². The van der Waals surface area contributed by atoms with Crippen LogP contribution in [0, 0.1) is 12.7 Å². The molecule has 0 saturated heterocycles. The van der Waals surface area contributed by atoms with Gasteiger partial charge in [-0.15, -0.1) is 10.2 Å². The second kappa shape index (κ2) is 12.5. The minimum atomic E-state index is -0.253. The molecule has 2 heterocycles. The van der Waals surface area contributed by atoms with Crippen LogP contribution in [-0.2, 0) is 11.3 Å². The molecule has 0 spiro atoms. The second-order valence-electron chi connectivity index (χ2n) is 10.2. The zero-order chi connectivity index (χ0) is 28.9. The maximum Gasteiger partial charge on any atom is 0.220 e. The number of carbonyl (C=O) groups is 1. The van der Waals surface area contributed by atoms with Gasteiger partial charge in [0.25, 0.3) is 0 Å². The highest BCUT2D eigenvalue weighted by atomic mass is 32.2. The largest absolute Gasteiger partial charge is 0.345 e. The number of hydrogen-bond acceptors (Lipinski definition) is 5. The van der Waals surface area contributed by atoms with Gasteiger partial charge in [-0.1, -0.05) is 102 Å². The number of rotatable bonds is 10. The van der Waals surface area contributed by atoms with Crippen LogP contribution in [0.4, 0.5) is 4.39 Å². The normalized spacial score (nSPS) is 11.4. The first-order valence-corrected chi connectivity index (χ1v) is 14.9. The van der Waals surface area contributed by atoms with Crippen molar-refractivity contribution in [3.05, 3.63) is 131 Å². The van der Waals surface area contributed by atoms with Gasteiger partial charge in [-0.25, -0.2) is 9.37 Å². The number of aryl methyl sites for hydroxylation is 1. The average molecular weight is 576 g/mol. The van der Waals surface area contributed by atoms with E-state index in [2.05, 4.69) is 21.6 Å². The van der Waals surface area contributed by atoms with Crippen molar-refractivity contribution in [2.45, 2.75) is 37.5 Å². The van der Waals surface area contributed by atoms with E-state index in [1.165, 1.54) is 17.8 Å². The molecule has 0 saturated carbocycles. The van der Waals surface area contributed by atoms with Gasteiger partial charge in [0.2, 0.25) is 11.1 Å². The van der Waals surface area contributed by atoms with Crippen molar-refractivity contribution in [1.29, 1.82) is 0 Å². The summed E-state index contributed by atoms with van der Waals surface area (Å²) in [5.74, 6) is 0.397. The highest BCUT2D eigenvalue weighted by Gasteiger charge is 2.18. The molecule has 8 heteroatoms. The number of aromatic nitrogens is 4. The lowest BCUT2D eigenvalue weighted by atomic mass is 9.98. The molecule has 0 aliphatic rings. The Morgan fingerprint density at radius 2 is 1.60 bits per heavy atom. The Hall–Kier alpha value is -4.56. The van der Waals surface area contributed by atoms with Crippen LogP contribution in [0.1, 0.15) is 41.1 Å². The van der Waals surface area contributed by atoms with Gasteiger partial charge in [0.1, 0.15) is 11.3 Å². The molecule has 6 aromatic rings. The van der Waals surface area contributed by atoms with Crippen molar-refractivity contribution in [2.75, 3.05) is 5.75 Å². The Morgan fingerprint density at radius 1 is 0.905 bits per heavy atom. The van der Waals surface area contributed by atoms with Crippen LogP contribution in [0.2, 0.25) is 0 Å². The van der Waals surface area contributed by atoms with Gasteiger partial charge in [0, 0.05) is 23.1 Å². The molecule has 0 radical (unpaired) electrons. The molecular formula is C34H30FN5OS. The van der Waals surface area contributed by atoms with E-state index >= 15 is 0 Å².